The van der Waals surface area contributed by atoms with Crippen molar-refractivity contribution in [3.8, 4) is 5.75 Å². The number of benzene rings is 1. The third-order valence-electron chi connectivity index (χ3n) is 1.38. The topological polar surface area (TPSA) is 55.8 Å². The van der Waals surface area contributed by atoms with Crippen molar-refractivity contribution in [3.05, 3.63) is 42.5 Å². The second-order valence-electron chi connectivity index (χ2n) is 2.89. The fraction of sp³-hybridized carbons (Fsp3) is 0.250. The van der Waals surface area contributed by atoms with E-state index < -0.39 is 5.97 Å². The molecule has 0 unspecified atom stereocenters. The van der Waals surface area contributed by atoms with Gasteiger partial charge in [-0.1, -0.05) is 24.8 Å². The van der Waals surface area contributed by atoms with Crippen molar-refractivity contribution in [1.82, 2.24) is 0 Å². The monoisotopic (exact) mass is 224 g/mol. The van der Waals surface area contributed by atoms with Gasteiger partial charge in [0, 0.05) is 5.57 Å². The second-order valence-corrected chi connectivity index (χ2v) is 2.89. The van der Waals surface area contributed by atoms with Crippen LogP contribution in [-0.4, -0.2) is 17.7 Å². The van der Waals surface area contributed by atoms with E-state index in [9.17, 15) is 4.79 Å². The number of carboxylic acid groups (broad SMARTS) is 1. The summed E-state index contributed by atoms with van der Waals surface area (Å²) >= 11 is 0. The molecule has 1 N–H and O–H groups in total. The van der Waals surface area contributed by atoms with Gasteiger partial charge in [-0.15, -0.1) is 0 Å². The fourth-order valence-electron chi connectivity index (χ4n) is 0.603. The molecule has 0 radical (unpaired) electrons. The van der Waals surface area contributed by atoms with Gasteiger partial charge in [-0.3, -0.25) is 0 Å². The zero-order chi connectivity index (χ0) is 12.4. The maximum Gasteiger partial charge on any atom is 0.330 e. The molecule has 16 heavy (non-hydrogen) atoms. The van der Waals surface area contributed by atoms with Crippen LogP contribution in [-0.2, 0) is 9.68 Å². The molecule has 0 aliphatic rings. The van der Waals surface area contributed by atoms with E-state index in [0.717, 1.165) is 5.75 Å². The summed E-state index contributed by atoms with van der Waals surface area (Å²) in [7, 11) is 0. The number of aliphatic carboxylic acids is 1. The third-order valence-corrected chi connectivity index (χ3v) is 1.38. The largest absolute Gasteiger partial charge is 0.478 e. The Kier molecular flexibility index (Phi) is 7.53. The molecular weight excluding hydrogens is 208 g/mol. The highest BCUT2D eigenvalue weighted by molar-refractivity contribution is 5.84. The highest BCUT2D eigenvalue weighted by Gasteiger charge is 1.90. The number of para-hydroxylation sites is 1. The first-order valence-electron chi connectivity index (χ1n) is 4.81. The van der Waals surface area contributed by atoms with Crippen LogP contribution >= 0.6 is 0 Å². The third kappa shape index (κ3) is 7.58. The molecule has 1 aromatic rings. The van der Waals surface area contributed by atoms with Crippen LogP contribution in [0.3, 0.4) is 0 Å². The minimum Gasteiger partial charge on any atom is -0.478 e. The van der Waals surface area contributed by atoms with Crippen LogP contribution in [0, 0.1) is 0 Å². The summed E-state index contributed by atoms with van der Waals surface area (Å²) in [5.41, 5.74) is 0.176. The Morgan fingerprint density at radius 1 is 1.38 bits per heavy atom. The fourth-order valence-corrected chi connectivity index (χ4v) is 0.603. The van der Waals surface area contributed by atoms with Gasteiger partial charge in [0.25, 0.3) is 0 Å². The van der Waals surface area contributed by atoms with Crippen molar-refractivity contribution in [3.63, 3.8) is 0 Å². The Bertz CT molecular complexity index is 307. The lowest BCUT2D eigenvalue weighted by Gasteiger charge is -2.00. The minimum absolute atomic E-state index is 0.176. The lowest BCUT2D eigenvalue weighted by molar-refractivity contribution is -0.202. The molecule has 0 aromatic heterocycles. The molecule has 0 heterocycles. The predicted octanol–water partition coefficient (Wildman–Crippen LogP) is 2.66. The van der Waals surface area contributed by atoms with Crippen LogP contribution < -0.4 is 4.89 Å². The van der Waals surface area contributed by atoms with E-state index in [0.29, 0.717) is 6.61 Å². The predicted molar refractivity (Wildman–Crippen MR) is 61.1 cm³/mol. The SMILES string of the molecule is C=C(C)C(=O)O.CCOOc1ccccc1. The number of carboxylic acids is 1. The molecule has 0 aliphatic heterocycles. The Morgan fingerprint density at radius 3 is 2.25 bits per heavy atom. The number of rotatable bonds is 4. The van der Waals surface area contributed by atoms with Crippen LogP contribution in [0.2, 0.25) is 0 Å². The molecule has 0 aliphatic carbocycles. The molecule has 0 bridgehead atoms. The molecule has 0 saturated heterocycles. The van der Waals surface area contributed by atoms with Crippen molar-refractivity contribution < 1.29 is 19.7 Å². The van der Waals surface area contributed by atoms with E-state index in [2.05, 4.69) is 6.58 Å². The number of hydrogen-bond donors (Lipinski definition) is 1. The van der Waals surface area contributed by atoms with Crippen LogP contribution in [0.1, 0.15) is 13.8 Å². The number of carbonyl (C=O) groups is 1. The van der Waals surface area contributed by atoms with Gasteiger partial charge in [0.2, 0.25) is 0 Å². The quantitative estimate of drug-likeness (QED) is 0.485. The average Bonchev–Trinajstić information content (AvgIpc) is 2.28. The highest BCUT2D eigenvalue weighted by atomic mass is 17.2. The summed E-state index contributed by atoms with van der Waals surface area (Å²) in [6, 6.07) is 9.41. The lowest BCUT2D eigenvalue weighted by atomic mass is 10.3. The van der Waals surface area contributed by atoms with Crippen molar-refractivity contribution >= 4 is 5.97 Å². The van der Waals surface area contributed by atoms with Gasteiger partial charge in [-0.25, -0.2) is 4.79 Å². The van der Waals surface area contributed by atoms with Crippen molar-refractivity contribution in [2.45, 2.75) is 13.8 Å². The van der Waals surface area contributed by atoms with Crippen molar-refractivity contribution in [2.24, 2.45) is 0 Å². The lowest BCUT2D eigenvalue weighted by Crippen LogP contribution is -1.94. The molecule has 0 saturated carbocycles. The van der Waals surface area contributed by atoms with Gasteiger partial charge < -0.3 is 9.99 Å². The summed E-state index contributed by atoms with van der Waals surface area (Å²) in [6.07, 6.45) is 0. The molecular formula is C12H16O4. The normalized spacial score (nSPS) is 8.62. The molecule has 1 rings (SSSR count). The van der Waals surface area contributed by atoms with Gasteiger partial charge in [-0.2, -0.15) is 4.89 Å². The summed E-state index contributed by atoms with van der Waals surface area (Å²) in [5, 5.41) is 7.89. The van der Waals surface area contributed by atoms with E-state index in [4.69, 9.17) is 14.9 Å². The van der Waals surface area contributed by atoms with Crippen molar-refractivity contribution in [2.75, 3.05) is 6.61 Å². The molecule has 4 nitrogen and oxygen atoms in total. The first kappa shape index (κ1) is 14.2. The average molecular weight is 224 g/mol. The minimum atomic E-state index is -0.935. The second kappa shape index (κ2) is 8.49. The molecule has 1 aromatic carbocycles. The highest BCUT2D eigenvalue weighted by Crippen LogP contribution is 2.07. The zero-order valence-corrected chi connectivity index (χ0v) is 9.47. The smallest absolute Gasteiger partial charge is 0.330 e. The van der Waals surface area contributed by atoms with Gasteiger partial charge in [0.05, 0.1) is 6.61 Å². The van der Waals surface area contributed by atoms with Gasteiger partial charge in [0.15, 0.2) is 5.75 Å². The van der Waals surface area contributed by atoms with E-state index in [1.54, 1.807) is 0 Å². The van der Waals surface area contributed by atoms with Gasteiger partial charge in [-0.05, 0) is 26.0 Å². The van der Waals surface area contributed by atoms with Crippen LogP contribution in [0.4, 0.5) is 0 Å². The summed E-state index contributed by atoms with van der Waals surface area (Å²) < 4.78 is 0. The molecule has 88 valence electrons. The first-order chi connectivity index (χ1) is 7.57. The Balaban J connectivity index is 0.000000325. The van der Waals surface area contributed by atoms with Crippen LogP contribution in [0.25, 0.3) is 0 Å². The van der Waals surface area contributed by atoms with E-state index in [-0.39, 0.29) is 5.57 Å². The Morgan fingerprint density at radius 2 is 1.88 bits per heavy atom. The number of hydrogen-bond acceptors (Lipinski definition) is 3. The Hall–Kier alpha value is -1.81. The molecule has 0 fully saturated rings. The maximum absolute atomic E-state index is 9.60. The van der Waals surface area contributed by atoms with Crippen LogP contribution in [0.15, 0.2) is 42.5 Å². The Labute approximate surface area is 95.0 Å². The van der Waals surface area contributed by atoms with E-state index >= 15 is 0 Å². The molecule has 0 spiro atoms. The summed E-state index contributed by atoms with van der Waals surface area (Å²) in [6.45, 7) is 7.04. The van der Waals surface area contributed by atoms with Crippen LogP contribution in [0.5, 0.6) is 5.75 Å². The summed E-state index contributed by atoms with van der Waals surface area (Å²) in [5.74, 6) is -0.195. The summed E-state index contributed by atoms with van der Waals surface area (Å²) in [4.78, 5) is 19.2. The molecule has 4 heteroatoms. The first-order valence-corrected chi connectivity index (χ1v) is 4.81. The zero-order valence-electron chi connectivity index (χ0n) is 9.47. The van der Waals surface area contributed by atoms with Gasteiger partial charge in [0.1, 0.15) is 0 Å². The van der Waals surface area contributed by atoms with E-state index in [1.807, 2.05) is 37.3 Å². The standard InChI is InChI=1S/C8H10O2.C4H6O2/c1-2-9-10-8-6-4-3-5-7-8;1-3(2)4(5)6/h3-7H,2H2,1H3;1H2,2H3,(H,5,6). The maximum atomic E-state index is 9.60. The van der Waals surface area contributed by atoms with Gasteiger partial charge >= 0.3 is 5.97 Å². The van der Waals surface area contributed by atoms with Crippen molar-refractivity contribution in [1.29, 1.82) is 0 Å². The molecule has 0 amide bonds. The van der Waals surface area contributed by atoms with E-state index in [1.165, 1.54) is 6.92 Å². The molecule has 0 atom stereocenters.